The minimum absolute atomic E-state index is 0.107. The van der Waals surface area contributed by atoms with Crippen molar-refractivity contribution in [2.75, 3.05) is 39.6 Å². The van der Waals surface area contributed by atoms with E-state index in [1.807, 2.05) is 0 Å². The molecular weight excluding hydrogens is 1250 g/mol. The Morgan fingerprint density at radius 2 is 0.537 bits per heavy atom. The van der Waals surface area contributed by atoms with Crippen LogP contribution in [0.1, 0.15) is 395 Å². The van der Waals surface area contributed by atoms with Gasteiger partial charge in [0.15, 0.2) is 12.2 Å². The summed E-state index contributed by atoms with van der Waals surface area (Å²) in [6.07, 6.45) is 55.3. The van der Waals surface area contributed by atoms with Crippen LogP contribution in [0.4, 0.5) is 0 Å². The number of rotatable bonds is 75. The number of ether oxygens (including phenoxy) is 4. The van der Waals surface area contributed by atoms with Gasteiger partial charge in [0.05, 0.1) is 26.4 Å². The molecule has 0 spiro atoms. The molecule has 0 aliphatic rings. The van der Waals surface area contributed by atoms with E-state index in [1.165, 1.54) is 212 Å². The van der Waals surface area contributed by atoms with Crippen molar-refractivity contribution in [1.82, 2.24) is 0 Å². The lowest BCUT2D eigenvalue weighted by atomic mass is 9.99. The van der Waals surface area contributed by atoms with Gasteiger partial charge < -0.3 is 33.8 Å². The van der Waals surface area contributed by atoms with Gasteiger partial charge in [-0.3, -0.25) is 37.3 Å². The number of hydrogen-bond donors (Lipinski definition) is 3. The molecule has 0 aromatic heterocycles. The largest absolute Gasteiger partial charge is 0.472 e. The van der Waals surface area contributed by atoms with E-state index in [9.17, 15) is 43.2 Å². The number of unbranched alkanes of at least 4 members (excludes halogenated alkanes) is 44. The van der Waals surface area contributed by atoms with Gasteiger partial charge in [0.1, 0.15) is 19.3 Å². The second-order valence-electron chi connectivity index (χ2n) is 28.1. The molecule has 19 heteroatoms. The zero-order valence-electron chi connectivity index (χ0n) is 62.0. The molecule has 0 saturated carbocycles. The van der Waals surface area contributed by atoms with Gasteiger partial charge in [-0.25, -0.2) is 9.13 Å². The molecule has 0 radical (unpaired) electrons. The minimum atomic E-state index is -4.96. The second kappa shape index (κ2) is 67.9. The average molecular weight is 1400 g/mol. The average Bonchev–Trinajstić information content (AvgIpc) is 2.40. The van der Waals surface area contributed by atoms with Crippen molar-refractivity contribution in [2.24, 2.45) is 11.8 Å². The summed E-state index contributed by atoms with van der Waals surface area (Å²) < 4.78 is 68.5. The molecular formula is C76H148O17P2. The van der Waals surface area contributed by atoms with Crippen LogP contribution < -0.4 is 0 Å². The first-order valence-electron chi connectivity index (χ1n) is 39.5. The van der Waals surface area contributed by atoms with Crippen LogP contribution in [0, 0.1) is 11.8 Å². The fourth-order valence-corrected chi connectivity index (χ4v) is 13.2. The molecule has 0 aliphatic carbocycles. The lowest BCUT2D eigenvalue weighted by molar-refractivity contribution is -0.161. The lowest BCUT2D eigenvalue weighted by Crippen LogP contribution is -2.30. The second-order valence-corrected chi connectivity index (χ2v) is 31.0. The van der Waals surface area contributed by atoms with Crippen molar-refractivity contribution < 1.29 is 80.2 Å². The Kier molecular flexibility index (Phi) is 66.5. The summed E-state index contributed by atoms with van der Waals surface area (Å²) >= 11 is 0. The van der Waals surface area contributed by atoms with Gasteiger partial charge in [-0.2, -0.15) is 0 Å². The molecule has 0 saturated heterocycles. The van der Waals surface area contributed by atoms with Crippen LogP contribution in [-0.2, 0) is 65.4 Å². The maximum atomic E-state index is 13.1. The molecule has 0 heterocycles. The molecule has 0 aromatic carbocycles. The van der Waals surface area contributed by atoms with Crippen LogP contribution in [0.2, 0.25) is 0 Å². The Hall–Kier alpha value is -1.94. The Morgan fingerprint density at radius 1 is 0.305 bits per heavy atom. The molecule has 6 atom stereocenters. The third-order valence-electron chi connectivity index (χ3n) is 18.1. The summed E-state index contributed by atoms with van der Waals surface area (Å²) in [5.74, 6) is -0.477. The zero-order chi connectivity index (χ0) is 70.0. The highest BCUT2D eigenvalue weighted by molar-refractivity contribution is 7.47. The first-order valence-corrected chi connectivity index (χ1v) is 42.5. The summed E-state index contributed by atoms with van der Waals surface area (Å²) in [6.45, 7) is 9.66. The summed E-state index contributed by atoms with van der Waals surface area (Å²) in [7, 11) is -9.91. The summed E-state index contributed by atoms with van der Waals surface area (Å²) in [5, 5.41) is 10.6. The van der Waals surface area contributed by atoms with Crippen LogP contribution in [-0.4, -0.2) is 96.7 Å². The first kappa shape index (κ1) is 93.1. The maximum Gasteiger partial charge on any atom is 0.472 e. The van der Waals surface area contributed by atoms with Crippen LogP contribution in [0.5, 0.6) is 0 Å². The molecule has 0 aliphatic heterocycles. The van der Waals surface area contributed by atoms with E-state index in [4.69, 9.17) is 37.0 Å². The van der Waals surface area contributed by atoms with Gasteiger partial charge in [0.2, 0.25) is 0 Å². The molecule has 3 unspecified atom stereocenters. The summed E-state index contributed by atoms with van der Waals surface area (Å²) in [5.41, 5.74) is 0. The van der Waals surface area contributed by atoms with E-state index < -0.39 is 97.5 Å². The third-order valence-corrected chi connectivity index (χ3v) is 20.0. The Bertz CT molecular complexity index is 1840. The van der Waals surface area contributed by atoms with Gasteiger partial charge in [-0.05, 0) is 37.5 Å². The molecule has 0 bridgehead atoms. The smallest absolute Gasteiger partial charge is 0.462 e. The standard InChI is InChI=1S/C76H148O17P2/c1-7-10-12-14-16-18-27-36-42-48-54-60-75(80)92-71(64-86-73(78)58-52-46-40-34-19-17-15-13-11-8-2)66-90-94(82,83)88-62-70(77)63-89-95(84,85)91-67-72(65-87-74(79)59-53-47-41-35-30-26-22-23-28-32-38-44-50-56-68(4)5)93-76(81)61-55-49-43-37-31-25-21-20-24-29-33-39-45-51-57-69(6)9-3/h68-72,77H,7-67H2,1-6H3,(H,82,83)(H,84,85)/t69?,70-,71+,72+/m0/s1. The topological polar surface area (TPSA) is 237 Å². The quantitative estimate of drug-likeness (QED) is 0.0222. The predicted octanol–water partition coefficient (Wildman–Crippen LogP) is 22.3. The fourth-order valence-electron chi connectivity index (χ4n) is 11.6. The highest BCUT2D eigenvalue weighted by Gasteiger charge is 2.30. The number of hydrogen-bond acceptors (Lipinski definition) is 15. The van der Waals surface area contributed by atoms with Gasteiger partial charge >= 0.3 is 39.5 Å². The van der Waals surface area contributed by atoms with Crippen LogP contribution in [0.3, 0.4) is 0 Å². The monoisotopic (exact) mass is 1400 g/mol. The highest BCUT2D eigenvalue weighted by atomic mass is 31.2. The summed E-state index contributed by atoms with van der Waals surface area (Å²) in [6, 6.07) is 0. The van der Waals surface area contributed by atoms with Crippen LogP contribution in [0.25, 0.3) is 0 Å². The maximum absolute atomic E-state index is 13.1. The number of phosphoric ester groups is 2. The first-order chi connectivity index (χ1) is 45.9. The van der Waals surface area contributed by atoms with E-state index in [2.05, 4.69) is 41.5 Å². The van der Waals surface area contributed by atoms with E-state index >= 15 is 0 Å². The van der Waals surface area contributed by atoms with Gasteiger partial charge in [0, 0.05) is 25.7 Å². The number of carbonyl (C=O) groups excluding carboxylic acids is 4. The number of esters is 4. The van der Waals surface area contributed by atoms with Gasteiger partial charge in [-0.15, -0.1) is 0 Å². The Morgan fingerprint density at radius 3 is 0.800 bits per heavy atom. The zero-order valence-corrected chi connectivity index (χ0v) is 63.8. The molecule has 95 heavy (non-hydrogen) atoms. The van der Waals surface area contributed by atoms with E-state index in [0.717, 1.165) is 102 Å². The van der Waals surface area contributed by atoms with Crippen LogP contribution in [0.15, 0.2) is 0 Å². The lowest BCUT2D eigenvalue weighted by Gasteiger charge is -2.21. The molecule has 0 rings (SSSR count). The number of aliphatic hydroxyl groups excluding tert-OH is 1. The van der Waals surface area contributed by atoms with Crippen molar-refractivity contribution in [3.63, 3.8) is 0 Å². The SMILES string of the molecule is CCCCCCCCCCCCCC(=O)O[C@H](COC(=O)CCCCCCCCCCCC)COP(=O)(O)OC[C@H](O)COP(=O)(O)OC[C@@H](COC(=O)CCCCCCCCCCCCCCCC(C)C)OC(=O)CCCCCCCCCCCCCCCCC(C)CC. The Labute approximate surface area is 581 Å². The summed E-state index contributed by atoms with van der Waals surface area (Å²) in [4.78, 5) is 72.8. The van der Waals surface area contributed by atoms with Gasteiger partial charge in [0.25, 0.3) is 0 Å². The van der Waals surface area contributed by atoms with E-state index in [0.29, 0.717) is 25.7 Å². The third kappa shape index (κ3) is 69.0. The van der Waals surface area contributed by atoms with Crippen molar-refractivity contribution in [3.05, 3.63) is 0 Å². The van der Waals surface area contributed by atoms with Gasteiger partial charge in [-0.1, -0.05) is 343 Å². The Balaban J connectivity index is 5.23. The predicted molar refractivity (Wildman–Crippen MR) is 386 cm³/mol. The normalized spacial score (nSPS) is 14.3. The van der Waals surface area contributed by atoms with Crippen molar-refractivity contribution in [2.45, 2.75) is 413 Å². The van der Waals surface area contributed by atoms with Crippen molar-refractivity contribution in [1.29, 1.82) is 0 Å². The van der Waals surface area contributed by atoms with Crippen molar-refractivity contribution >= 4 is 39.5 Å². The molecule has 0 amide bonds. The fraction of sp³-hybridized carbons (Fsp3) is 0.947. The molecule has 17 nitrogen and oxygen atoms in total. The number of aliphatic hydroxyl groups is 1. The molecule has 3 N–H and O–H groups in total. The van der Waals surface area contributed by atoms with E-state index in [1.54, 1.807) is 0 Å². The molecule has 0 fully saturated rings. The molecule has 0 aromatic rings. The van der Waals surface area contributed by atoms with E-state index in [-0.39, 0.29) is 25.7 Å². The number of carbonyl (C=O) groups is 4. The minimum Gasteiger partial charge on any atom is -0.462 e. The number of phosphoric acid groups is 2. The highest BCUT2D eigenvalue weighted by Crippen LogP contribution is 2.45. The molecule has 564 valence electrons. The van der Waals surface area contributed by atoms with Crippen molar-refractivity contribution in [3.8, 4) is 0 Å². The van der Waals surface area contributed by atoms with Crippen LogP contribution >= 0.6 is 15.6 Å².